The van der Waals surface area contributed by atoms with Gasteiger partial charge in [-0.25, -0.2) is 0 Å². The minimum Gasteiger partial charge on any atom is -0.464 e. The smallest absolute Gasteiger partial charge is 0.231 e. The zero-order chi connectivity index (χ0) is 20.5. The number of carbonyl (C=O) groups is 1. The molecule has 1 aliphatic heterocycles. The third-order valence-electron chi connectivity index (χ3n) is 5.52. The van der Waals surface area contributed by atoms with E-state index >= 15 is 0 Å². The third-order valence-corrected chi connectivity index (χ3v) is 5.52. The third kappa shape index (κ3) is 3.93. The van der Waals surface area contributed by atoms with Gasteiger partial charge in [0.2, 0.25) is 12.7 Å². The molecule has 3 aromatic rings. The topological polar surface area (TPSA) is 63.9 Å². The van der Waals surface area contributed by atoms with Gasteiger partial charge in [-0.1, -0.05) is 6.07 Å². The molecular formula is C23H26N2O4. The highest BCUT2D eigenvalue weighted by molar-refractivity contribution is 5.88. The van der Waals surface area contributed by atoms with E-state index in [9.17, 15) is 4.79 Å². The van der Waals surface area contributed by atoms with Gasteiger partial charge < -0.3 is 24.1 Å². The molecule has 0 bridgehead atoms. The molecule has 0 saturated heterocycles. The van der Waals surface area contributed by atoms with Gasteiger partial charge in [0.1, 0.15) is 5.58 Å². The predicted molar refractivity (Wildman–Crippen MR) is 111 cm³/mol. The van der Waals surface area contributed by atoms with E-state index in [4.69, 9.17) is 13.9 Å². The van der Waals surface area contributed by atoms with Crippen LogP contribution >= 0.6 is 0 Å². The second-order valence-corrected chi connectivity index (χ2v) is 7.77. The van der Waals surface area contributed by atoms with Crippen LogP contribution in [0.4, 0.5) is 0 Å². The molecule has 1 amide bonds. The Kier molecular flexibility index (Phi) is 5.20. The fourth-order valence-corrected chi connectivity index (χ4v) is 3.64. The van der Waals surface area contributed by atoms with Crippen LogP contribution in [0.25, 0.3) is 11.0 Å². The first-order chi connectivity index (χ1) is 13.9. The first-order valence-electron chi connectivity index (χ1n) is 9.72. The van der Waals surface area contributed by atoms with Gasteiger partial charge in [-0.2, -0.15) is 0 Å². The average molecular weight is 394 g/mol. The SMILES string of the molecule is Cc1cc2occ(CC(=O)NCC(c3ccc4c(c3)OCO4)N(C)C)c2cc1C. The van der Waals surface area contributed by atoms with Crippen molar-refractivity contribution in [1.82, 2.24) is 10.2 Å². The molecule has 2 heterocycles. The summed E-state index contributed by atoms with van der Waals surface area (Å²) in [5.41, 5.74) is 5.17. The number of likely N-dealkylation sites (N-methyl/N-ethyl adjacent to an activating group) is 1. The Morgan fingerprint density at radius 1 is 1.10 bits per heavy atom. The normalized spacial score (nSPS) is 13.8. The van der Waals surface area contributed by atoms with Gasteiger partial charge in [0, 0.05) is 17.5 Å². The highest BCUT2D eigenvalue weighted by Gasteiger charge is 2.20. The van der Waals surface area contributed by atoms with Gasteiger partial charge in [-0.3, -0.25) is 4.79 Å². The largest absolute Gasteiger partial charge is 0.464 e. The molecule has 4 rings (SSSR count). The predicted octanol–water partition coefficient (Wildman–Crippen LogP) is 3.74. The number of amides is 1. The Morgan fingerprint density at radius 2 is 1.86 bits per heavy atom. The molecule has 6 heteroatoms. The number of benzene rings is 2. The molecule has 1 aromatic heterocycles. The minimum absolute atomic E-state index is 0.0273. The molecule has 29 heavy (non-hydrogen) atoms. The molecule has 0 saturated carbocycles. The van der Waals surface area contributed by atoms with Crippen LogP contribution < -0.4 is 14.8 Å². The Balaban J connectivity index is 1.44. The van der Waals surface area contributed by atoms with Crippen molar-refractivity contribution in [2.24, 2.45) is 0 Å². The van der Waals surface area contributed by atoms with Crippen LogP contribution in [-0.2, 0) is 11.2 Å². The average Bonchev–Trinajstić information content (AvgIpc) is 3.29. The van der Waals surface area contributed by atoms with Crippen LogP contribution in [0, 0.1) is 13.8 Å². The molecule has 152 valence electrons. The lowest BCUT2D eigenvalue weighted by Crippen LogP contribution is -2.35. The number of fused-ring (bicyclic) bond motifs is 2. The first-order valence-corrected chi connectivity index (χ1v) is 9.72. The maximum atomic E-state index is 12.6. The van der Waals surface area contributed by atoms with Crippen LogP contribution in [0.2, 0.25) is 0 Å². The van der Waals surface area contributed by atoms with Crippen LogP contribution in [0.5, 0.6) is 11.5 Å². The summed E-state index contributed by atoms with van der Waals surface area (Å²) in [6, 6.07) is 10.0. The van der Waals surface area contributed by atoms with Crippen molar-refractivity contribution in [3.8, 4) is 11.5 Å². The molecule has 2 aromatic carbocycles. The van der Waals surface area contributed by atoms with Crippen LogP contribution in [0.15, 0.2) is 41.0 Å². The molecule has 0 fully saturated rings. The lowest BCUT2D eigenvalue weighted by molar-refractivity contribution is -0.120. The van der Waals surface area contributed by atoms with Crippen molar-refractivity contribution in [1.29, 1.82) is 0 Å². The lowest BCUT2D eigenvalue weighted by atomic mass is 10.0. The molecule has 1 aliphatic rings. The quantitative estimate of drug-likeness (QED) is 0.690. The van der Waals surface area contributed by atoms with Gasteiger partial charge in [0.25, 0.3) is 0 Å². The molecule has 1 unspecified atom stereocenters. The Morgan fingerprint density at radius 3 is 2.66 bits per heavy atom. The van der Waals surface area contributed by atoms with E-state index in [0.717, 1.165) is 33.6 Å². The molecular weight excluding hydrogens is 368 g/mol. The Labute approximate surface area is 170 Å². The van der Waals surface area contributed by atoms with Gasteiger partial charge in [0.05, 0.1) is 18.7 Å². The van der Waals surface area contributed by atoms with E-state index in [2.05, 4.69) is 30.1 Å². The summed E-state index contributed by atoms with van der Waals surface area (Å²) < 4.78 is 16.5. The summed E-state index contributed by atoms with van der Waals surface area (Å²) in [5.74, 6) is 1.47. The van der Waals surface area contributed by atoms with Crippen LogP contribution in [0.1, 0.15) is 28.3 Å². The number of rotatable bonds is 6. The number of carbonyl (C=O) groups excluding carboxylic acids is 1. The summed E-state index contributed by atoms with van der Waals surface area (Å²) in [7, 11) is 3.99. The van der Waals surface area contributed by atoms with Crippen LogP contribution in [-0.4, -0.2) is 38.2 Å². The monoisotopic (exact) mass is 394 g/mol. The minimum atomic E-state index is -0.0291. The van der Waals surface area contributed by atoms with Gasteiger partial charge in [-0.15, -0.1) is 0 Å². The fraction of sp³-hybridized carbons (Fsp3) is 0.348. The fourth-order valence-electron chi connectivity index (χ4n) is 3.64. The van der Waals surface area contributed by atoms with E-state index in [1.54, 1.807) is 6.26 Å². The zero-order valence-electron chi connectivity index (χ0n) is 17.2. The van der Waals surface area contributed by atoms with Crippen molar-refractivity contribution >= 4 is 16.9 Å². The summed E-state index contributed by atoms with van der Waals surface area (Å²) in [6.07, 6.45) is 1.97. The number of aryl methyl sites for hydroxylation is 2. The van der Waals surface area contributed by atoms with Crippen molar-refractivity contribution < 1.29 is 18.7 Å². The van der Waals surface area contributed by atoms with Gasteiger partial charge in [-0.05, 0) is 68.9 Å². The van der Waals surface area contributed by atoms with E-state index < -0.39 is 0 Å². The van der Waals surface area contributed by atoms with Crippen molar-refractivity contribution in [3.63, 3.8) is 0 Å². The van der Waals surface area contributed by atoms with Crippen molar-refractivity contribution in [3.05, 3.63) is 58.8 Å². The maximum Gasteiger partial charge on any atom is 0.231 e. The number of nitrogens with zero attached hydrogens (tertiary/aromatic N) is 1. The van der Waals surface area contributed by atoms with E-state index in [0.29, 0.717) is 6.54 Å². The summed E-state index contributed by atoms with van der Waals surface area (Å²) in [6.45, 7) is 4.87. The van der Waals surface area contributed by atoms with Gasteiger partial charge >= 0.3 is 0 Å². The second-order valence-electron chi connectivity index (χ2n) is 7.77. The summed E-state index contributed by atoms with van der Waals surface area (Å²) >= 11 is 0. The second kappa shape index (κ2) is 7.79. The number of hydrogen-bond acceptors (Lipinski definition) is 5. The number of furan rings is 1. The summed E-state index contributed by atoms with van der Waals surface area (Å²) in [5, 5.41) is 4.07. The van der Waals surface area contributed by atoms with Crippen LogP contribution in [0.3, 0.4) is 0 Å². The number of ether oxygens (including phenoxy) is 2. The number of nitrogens with one attached hydrogen (secondary N) is 1. The molecule has 1 N–H and O–H groups in total. The number of hydrogen-bond donors (Lipinski definition) is 1. The molecule has 0 spiro atoms. The Bertz CT molecular complexity index is 1050. The standard InChI is InChI=1S/C23H26N2O4/c1-14-7-18-17(12-27-21(18)8-15(14)2)10-23(26)24-11-19(25(3)4)16-5-6-20-22(9-16)29-13-28-20/h5-9,12,19H,10-11,13H2,1-4H3,(H,24,26). The molecule has 0 aliphatic carbocycles. The Hall–Kier alpha value is -2.99. The molecule has 0 radical (unpaired) electrons. The van der Waals surface area contributed by atoms with E-state index in [1.807, 2.05) is 38.4 Å². The van der Waals surface area contributed by atoms with Gasteiger partial charge in [0.15, 0.2) is 11.5 Å². The summed E-state index contributed by atoms with van der Waals surface area (Å²) in [4.78, 5) is 14.7. The molecule has 6 nitrogen and oxygen atoms in total. The molecule has 1 atom stereocenters. The zero-order valence-corrected chi connectivity index (χ0v) is 17.2. The van der Waals surface area contributed by atoms with E-state index in [-0.39, 0.29) is 25.2 Å². The van der Waals surface area contributed by atoms with Crippen molar-refractivity contribution in [2.75, 3.05) is 27.4 Å². The maximum absolute atomic E-state index is 12.6. The highest BCUT2D eigenvalue weighted by Crippen LogP contribution is 2.35. The lowest BCUT2D eigenvalue weighted by Gasteiger charge is -2.25. The van der Waals surface area contributed by atoms with Crippen molar-refractivity contribution in [2.45, 2.75) is 26.3 Å². The highest BCUT2D eigenvalue weighted by atomic mass is 16.7. The first kappa shape index (κ1) is 19.3. The van der Waals surface area contributed by atoms with E-state index in [1.165, 1.54) is 11.1 Å².